The zero-order valence-corrected chi connectivity index (χ0v) is 13.3. The first-order valence-electron chi connectivity index (χ1n) is 7.57. The van der Waals surface area contributed by atoms with E-state index in [1.54, 1.807) is 30.3 Å². The average Bonchev–Trinajstić information content (AvgIpc) is 2.58. The third kappa shape index (κ3) is 5.63. The van der Waals surface area contributed by atoms with Crippen LogP contribution in [0.15, 0.2) is 48.5 Å². The molecule has 0 bridgehead atoms. The van der Waals surface area contributed by atoms with Gasteiger partial charge >= 0.3 is 6.18 Å². The lowest BCUT2D eigenvalue weighted by Crippen LogP contribution is -2.24. The van der Waals surface area contributed by atoms with Gasteiger partial charge in [-0.1, -0.05) is 36.4 Å². The molecule has 2 rings (SSSR count). The first-order valence-corrected chi connectivity index (χ1v) is 7.57. The molecule has 2 aromatic rings. The first-order chi connectivity index (χ1) is 11.8. The third-order valence-corrected chi connectivity index (χ3v) is 3.57. The van der Waals surface area contributed by atoms with Crippen molar-refractivity contribution in [3.63, 3.8) is 0 Å². The number of nitrogens with one attached hydrogen (secondary N) is 1. The number of hydrogen-bond acceptors (Lipinski definition) is 2. The Balaban J connectivity index is 2.00. The van der Waals surface area contributed by atoms with Gasteiger partial charge in [-0.05, 0) is 28.8 Å². The second kappa shape index (κ2) is 7.83. The maximum absolute atomic E-state index is 12.8. The minimum Gasteiger partial charge on any atom is -0.370 e. The van der Waals surface area contributed by atoms with E-state index in [2.05, 4.69) is 5.32 Å². The van der Waals surface area contributed by atoms with Crippen LogP contribution in [-0.2, 0) is 22.3 Å². The van der Waals surface area contributed by atoms with Gasteiger partial charge in [0.1, 0.15) is 0 Å². The summed E-state index contributed by atoms with van der Waals surface area (Å²) in [5, 5.41) is 2.65. The van der Waals surface area contributed by atoms with Crippen LogP contribution >= 0.6 is 0 Å². The summed E-state index contributed by atoms with van der Waals surface area (Å²) in [4.78, 5) is 22.1. The molecule has 2 aromatic carbocycles. The number of carbonyl (C=O) groups excluding carboxylic acids is 2. The summed E-state index contributed by atoms with van der Waals surface area (Å²) in [5.41, 5.74) is 6.18. The van der Waals surface area contributed by atoms with Crippen LogP contribution < -0.4 is 11.1 Å². The van der Waals surface area contributed by atoms with E-state index in [1.165, 1.54) is 6.07 Å². The quantitative estimate of drug-likeness (QED) is 0.839. The van der Waals surface area contributed by atoms with Gasteiger partial charge in [0.2, 0.25) is 11.8 Å². The van der Waals surface area contributed by atoms with E-state index in [0.717, 1.165) is 17.7 Å². The summed E-state index contributed by atoms with van der Waals surface area (Å²) in [6.45, 7) is 0.264. The van der Waals surface area contributed by atoms with Gasteiger partial charge in [0.05, 0.1) is 5.56 Å². The largest absolute Gasteiger partial charge is 0.416 e. The molecule has 132 valence electrons. The van der Waals surface area contributed by atoms with Crippen molar-refractivity contribution in [3.8, 4) is 11.1 Å². The molecule has 25 heavy (non-hydrogen) atoms. The number of halogens is 3. The van der Waals surface area contributed by atoms with Crippen LogP contribution in [0.5, 0.6) is 0 Å². The lowest BCUT2D eigenvalue weighted by Gasteiger charge is -2.10. The summed E-state index contributed by atoms with van der Waals surface area (Å²) < 4.78 is 38.3. The topological polar surface area (TPSA) is 72.2 Å². The molecule has 0 atom stereocenters. The van der Waals surface area contributed by atoms with Crippen molar-refractivity contribution in [1.29, 1.82) is 0 Å². The highest BCUT2D eigenvalue weighted by molar-refractivity contribution is 5.82. The summed E-state index contributed by atoms with van der Waals surface area (Å²) in [6.07, 6.45) is -4.37. The first kappa shape index (κ1) is 18.5. The molecule has 0 unspecified atom stereocenters. The van der Waals surface area contributed by atoms with Crippen LogP contribution in [0.3, 0.4) is 0 Å². The monoisotopic (exact) mass is 350 g/mol. The van der Waals surface area contributed by atoms with Crippen LogP contribution in [0.2, 0.25) is 0 Å². The normalized spacial score (nSPS) is 11.2. The van der Waals surface area contributed by atoms with Gasteiger partial charge in [-0.3, -0.25) is 9.59 Å². The van der Waals surface area contributed by atoms with Crippen LogP contribution in [0, 0.1) is 0 Å². The maximum atomic E-state index is 12.8. The molecule has 0 aliphatic carbocycles. The van der Waals surface area contributed by atoms with E-state index in [4.69, 9.17) is 5.73 Å². The predicted molar refractivity (Wildman–Crippen MR) is 87.2 cm³/mol. The molecule has 0 saturated heterocycles. The number of nitrogens with two attached hydrogens (primary N) is 1. The fourth-order valence-corrected chi connectivity index (χ4v) is 2.22. The van der Waals surface area contributed by atoms with E-state index in [9.17, 15) is 22.8 Å². The number of hydrogen-bond donors (Lipinski definition) is 2. The van der Waals surface area contributed by atoms with Crippen LogP contribution in [-0.4, -0.2) is 11.8 Å². The second-order valence-corrected chi connectivity index (χ2v) is 5.52. The van der Waals surface area contributed by atoms with Gasteiger partial charge < -0.3 is 11.1 Å². The van der Waals surface area contributed by atoms with Gasteiger partial charge in [0.15, 0.2) is 0 Å². The SMILES string of the molecule is NC(=O)CCC(=O)NCc1ccc(-c2cccc(C(F)(F)F)c2)cc1. The van der Waals surface area contributed by atoms with E-state index in [-0.39, 0.29) is 25.3 Å². The van der Waals surface area contributed by atoms with Crippen molar-refractivity contribution < 1.29 is 22.8 Å². The molecule has 0 aliphatic rings. The Labute approximate surface area is 142 Å². The Kier molecular flexibility index (Phi) is 5.80. The molecule has 0 radical (unpaired) electrons. The molecule has 0 spiro atoms. The highest BCUT2D eigenvalue weighted by Gasteiger charge is 2.30. The van der Waals surface area contributed by atoms with Gasteiger partial charge in [-0.15, -0.1) is 0 Å². The Morgan fingerprint density at radius 3 is 2.24 bits per heavy atom. The van der Waals surface area contributed by atoms with Crippen molar-refractivity contribution in [2.75, 3.05) is 0 Å². The molecule has 7 heteroatoms. The van der Waals surface area contributed by atoms with E-state index < -0.39 is 17.6 Å². The molecule has 3 N–H and O–H groups in total. The van der Waals surface area contributed by atoms with Crippen LogP contribution in [0.1, 0.15) is 24.0 Å². The molecular weight excluding hydrogens is 333 g/mol. The lowest BCUT2D eigenvalue weighted by atomic mass is 10.0. The van der Waals surface area contributed by atoms with Gasteiger partial charge in [0.25, 0.3) is 0 Å². The van der Waals surface area contributed by atoms with Crippen molar-refractivity contribution >= 4 is 11.8 Å². The van der Waals surface area contributed by atoms with E-state index in [1.807, 2.05) is 0 Å². The predicted octanol–water partition coefficient (Wildman–Crippen LogP) is 3.25. The van der Waals surface area contributed by atoms with Gasteiger partial charge in [-0.25, -0.2) is 0 Å². The van der Waals surface area contributed by atoms with Crippen LogP contribution in [0.4, 0.5) is 13.2 Å². The Morgan fingerprint density at radius 1 is 0.960 bits per heavy atom. The van der Waals surface area contributed by atoms with Gasteiger partial charge in [-0.2, -0.15) is 13.2 Å². The number of benzene rings is 2. The van der Waals surface area contributed by atoms with Crippen molar-refractivity contribution in [2.45, 2.75) is 25.6 Å². The molecule has 0 aliphatic heterocycles. The summed E-state index contributed by atoms with van der Waals surface area (Å²) in [6, 6.07) is 11.9. The molecule has 4 nitrogen and oxygen atoms in total. The Hall–Kier alpha value is -2.83. The Bertz CT molecular complexity index is 756. The third-order valence-electron chi connectivity index (χ3n) is 3.57. The van der Waals surface area contributed by atoms with Crippen molar-refractivity contribution in [1.82, 2.24) is 5.32 Å². The number of rotatable bonds is 6. The molecular formula is C18H17F3N2O2. The number of amides is 2. The number of primary amides is 1. The smallest absolute Gasteiger partial charge is 0.370 e. The fourth-order valence-electron chi connectivity index (χ4n) is 2.22. The van der Waals surface area contributed by atoms with E-state index >= 15 is 0 Å². The van der Waals surface area contributed by atoms with Crippen molar-refractivity contribution in [3.05, 3.63) is 59.7 Å². The van der Waals surface area contributed by atoms with Crippen molar-refractivity contribution in [2.24, 2.45) is 5.73 Å². The molecule has 0 aromatic heterocycles. The molecule has 0 saturated carbocycles. The molecule has 0 fully saturated rings. The summed E-state index contributed by atoms with van der Waals surface area (Å²) in [5.74, 6) is -0.832. The van der Waals surface area contributed by atoms with E-state index in [0.29, 0.717) is 11.1 Å². The molecule has 2 amide bonds. The standard InChI is InChI=1S/C18H17F3N2O2/c19-18(20,21)15-3-1-2-14(10-15)13-6-4-12(5-7-13)11-23-17(25)9-8-16(22)24/h1-7,10H,8-9,11H2,(H2,22,24)(H,23,25). The van der Waals surface area contributed by atoms with Gasteiger partial charge in [0, 0.05) is 19.4 Å². The zero-order valence-electron chi connectivity index (χ0n) is 13.3. The Morgan fingerprint density at radius 2 is 1.64 bits per heavy atom. The average molecular weight is 350 g/mol. The highest BCUT2D eigenvalue weighted by Crippen LogP contribution is 2.32. The summed E-state index contributed by atoms with van der Waals surface area (Å²) >= 11 is 0. The number of carbonyl (C=O) groups is 2. The minimum atomic E-state index is -4.38. The summed E-state index contributed by atoms with van der Waals surface area (Å²) in [7, 11) is 0. The second-order valence-electron chi connectivity index (χ2n) is 5.52. The lowest BCUT2D eigenvalue weighted by molar-refractivity contribution is -0.137. The minimum absolute atomic E-state index is 0.0136. The highest BCUT2D eigenvalue weighted by atomic mass is 19.4. The molecule has 0 heterocycles. The maximum Gasteiger partial charge on any atom is 0.416 e. The number of alkyl halides is 3. The fraction of sp³-hybridized carbons (Fsp3) is 0.222. The van der Waals surface area contributed by atoms with Crippen LogP contribution in [0.25, 0.3) is 11.1 Å². The zero-order chi connectivity index (χ0) is 18.4.